The molecule has 0 bridgehead atoms. The van der Waals surface area contributed by atoms with Crippen LogP contribution in [0.3, 0.4) is 0 Å². The normalized spacial score (nSPS) is 10.7. The molecule has 0 aliphatic carbocycles. The minimum Gasteiger partial charge on any atom is -0.497 e. The Balaban J connectivity index is 0.000000150. The van der Waals surface area contributed by atoms with Crippen LogP contribution >= 0.6 is 35.3 Å². The first-order valence-corrected chi connectivity index (χ1v) is 30.8. The number of carbonyl (C=O) groups excluding carboxylic acids is 4. The van der Waals surface area contributed by atoms with E-state index >= 15 is 0 Å². The van der Waals surface area contributed by atoms with Crippen LogP contribution in [0.5, 0.6) is 17.2 Å². The molecule has 0 saturated heterocycles. The third-order valence-electron chi connectivity index (χ3n) is 12.9. The van der Waals surface area contributed by atoms with Gasteiger partial charge in [0.05, 0.1) is 67.0 Å². The summed E-state index contributed by atoms with van der Waals surface area (Å²) in [5.41, 5.74) is 9.54. The Morgan fingerprint density at radius 1 is 0.440 bits per heavy atom. The van der Waals surface area contributed by atoms with E-state index in [1.807, 2.05) is 97.9 Å². The van der Waals surface area contributed by atoms with Gasteiger partial charge in [-0.3, -0.25) is 20.1 Å². The second kappa shape index (κ2) is 31.2. The zero-order valence-corrected chi connectivity index (χ0v) is 51.6. The molecule has 0 unspecified atom stereocenters. The van der Waals surface area contributed by atoms with Crippen molar-refractivity contribution in [3.05, 3.63) is 199 Å². The third-order valence-corrected chi connectivity index (χ3v) is 16.2. The molecule has 0 radical (unpaired) electrons. The summed E-state index contributed by atoms with van der Waals surface area (Å²) in [7, 11) is 3.11. The fourth-order valence-corrected chi connectivity index (χ4v) is 11.4. The van der Waals surface area contributed by atoms with E-state index < -0.39 is 0 Å². The fraction of sp³-hybridized carbons (Fsp3) is 0.127. The van der Waals surface area contributed by atoms with Gasteiger partial charge in [-0.2, -0.15) is 15.3 Å². The minimum atomic E-state index is -0.382. The molecule has 0 fully saturated rings. The van der Waals surface area contributed by atoms with Crippen LogP contribution in [0.1, 0.15) is 40.9 Å². The highest BCUT2D eigenvalue weighted by Gasteiger charge is 2.14. The molecule has 0 saturated carbocycles. The Bertz CT molecular complexity index is 4490. The average molecular weight is 1280 g/mol. The smallest absolute Gasteiger partial charge is 0.323 e. The molecule has 0 atom stereocenters. The maximum Gasteiger partial charge on any atom is 0.323 e. The van der Waals surface area contributed by atoms with E-state index in [0.29, 0.717) is 97.7 Å². The number of hydrogen-bond donors (Lipinski definition) is 9. The monoisotopic (exact) mass is 1270 g/mol. The summed E-state index contributed by atoms with van der Waals surface area (Å²) in [6, 6.07) is 41.2. The van der Waals surface area contributed by atoms with E-state index in [-0.39, 0.29) is 23.9 Å². The standard InChI is InChI=1S/C21H20N6O3S.C21H18N6O2S.C21H20N6O2S/c1-29-15-6-7-18(30-2)17(9-15)26-21(28)25-14-5-3-4-13(8-14)11-31-20-16-10-24-27-19(16)22-12-23-20;1-13(28)15-5-3-7-17(9-15)26-21(29)25-16-6-2-4-14(8-16)11-30-20-18-10-24-27-19(18)22-12-23-20;1-2-29-18-9-4-3-8-17(18)26-21(28)25-15-7-5-6-14(10-15)12-30-20-16-11-24-27-19(16)22-13-23-20/h3-10,12H,11H2,1-2H3,(H2,25,26,28)(H,22,23,24,27);2-10,12H,11H2,1H3,(H2,25,26,29)(H,22,23,24,27);3-11,13H,2,12H2,1H3,(H2,25,26,28)(H,22,23,24,27). The summed E-state index contributed by atoms with van der Waals surface area (Å²) < 4.78 is 16.0. The highest BCUT2D eigenvalue weighted by Crippen LogP contribution is 2.32. The number of aromatic amines is 3. The highest BCUT2D eigenvalue weighted by atomic mass is 32.2. The van der Waals surface area contributed by atoms with Crippen LogP contribution in [0.25, 0.3) is 33.1 Å². The maximum atomic E-state index is 12.5. The number of urea groups is 3. The Labute approximate surface area is 532 Å². The topological polar surface area (TPSA) is 332 Å². The Hall–Kier alpha value is -11.1. The molecule has 460 valence electrons. The largest absolute Gasteiger partial charge is 0.497 e. The number of aromatic nitrogens is 12. The number of para-hydroxylation sites is 2. The van der Waals surface area contributed by atoms with E-state index in [9.17, 15) is 19.2 Å². The lowest BCUT2D eigenvalue weighted by atomic mass is 10.1. The zero-order chi connectivity index (χ0) is 63.3. The molecular weight excluding hydrogens is 1220 g/mol. The van der Waals surface area contributed by atoms with Crippen LogP contribution in [-0.4, -0.2) is 105 Å². The number of ether oxygens (including phenoxy) is 3. The fourth-order valence-electron chi connectivity index (χ4n) is 8.69. The van der Waals surface area contributed by atoms with Crippen LogP contribution in [0, 0.1) is 0 Å². The summed E-state index contributed by atoms with van der Waals surface area (Å²) in [6.45, 7) is 3.92. The predicted molar refractivity (Wildman–Crippen MR) is 355 cm³/mol. The molecule has 6 amide bonds. The minimum absolute atomic E-state index is 0.0550. The number of rotatable bonds is 20. The van der Waals surface area contributed by atoms with Gasteiger partial charge in [-0.05, 0) is 103 Å². The zero-order valence-electron chi connectivity index (χ0n) is 49.2. The van der Waals surface area contributed by atoms with E-state index in [4.69, 9.17) is 14.2 Å². The summed E-state index contributed by atoms with van der Waals surface area (Å²) in [5.74, 6) is 3.79. The van der Waals surface area contributed by atoms with Crippen LogP contribution in [0.4, 0.5) is 48.5 Å². The van der Waals surface area contributed by atoms with Gasteiger partial charge in [0, 0.05) is 51.6 Å². The van der Waals surface area contributed by atoms with Crippen molar-refractivity contribution >= 4 is 126 Å². The van der Waals surface area contributed by atoms with Crippen LogP contribution < -0.4 is 46.1 Å². The number of methoxy groups -OCH3 is 2. The molecule has 12 aromatic rings. The van der Waals surface area contributed by atoms with Crippen molar-refractivity contribution in [2.75, 3.05) is 52.7 Å². The molecule has 12 rings (SSSR count). The van der Waals surface area contributed by atoms with E-state index in [1.165, 1.54) is 25.9 Å². The molecule has 6 aromatic heterocycles. The quantitative estimate of drug-likeness (QED) is 0.0194. The predicted octanol–water partition coefficient (Wildman–Crippen LogP) is 13.5. The van der Waals surface area contributed by atoms with Crippen molar-refractivity contribution in [2.45, 2.75) is 46.2 Å². The molecule has 0 aliphatic heterocycles. The van der Waals surface area contributed by atoms with Crippen LogP contribution in [-0.2, 0) is 17.3 Å². The Morgan fingerprint density at radius 3 is 1.31 bits per heavy atom. The second-order valence-electron chi connectivity index (χ2n) is 19.3. The van der Waals surface area contributed by atoms with Gasteiger partial charge in [0.2, 0.25) is 0 Å². The number of thioether (sulfide) groups is 3. The van der Waals surface area contributed by atoms with E-state index in [0.717, 1.165) is 47.9 Å². The number of H-pyrrole nitrogens is 3. The molecule has 25 nitrogen and oxygen atoms in total. The number of anilines is 6. The number of carbonyl (C=O) groups is 4. The van der Waals surface area contributed by atoms with Crippen LogP contribution in [0.15, 0.2) is 192 Å². The van der Waals surface area contributed by atoms with Crippen molar-refractivity contribution in [1.82, 2.24) is 60.5 Å². The van der Waals surface area contributed by atoms with Gasteiger partial charge in [0.15, 0.2) is 22.7 Å². The molecule has 6 aromatic carbocycles. The number of nitrogens with zero attached hydrogens (tertiary/aromatic N) is 9. The number of nitrogens with one attached hydrogen (secondary N) is 9. The number of Topliss-reactive ketones (excluding diaryl/α,β-unsaturated/α-hetero) is 1. The van der Waals surface area contributed by atoms with Gasteiger partial charge >= 0.3 is 18.1 Å². The van der Waals surface area contributed by atoms with Gasteiger partial charge in [-0.15, -0.1) is 35.3 Å². The van der Waals surface area contributed by atoms with E-state index in [2.05, 4.69) is 92.4 Å². The second-order valence-corrected chi connectivity index (χ2v) is 22.2. The molecule has 28 heteroatoms. The number of ketones is 1. The van der Waals surface area contributed by atoms with Gasteiger partial charge in [0.25, 0.3) is 0 Å². The van der Waals surface area contributed by atoms with Crippen molar-refractivity contribution in [3.8, 4) is 17.2 Å². The lowest BCUT2D eigenvalue weighted by Crippen LogP contribution is -2.20. The van der Waals surface area contributed by atoms with Crippen molar-refractivity contribution in [2.24, 2.45) is 0 Å². The average Bonchev–Trinajstić information content (AvgIpc) is 2.41. The Morgan fingerprint density at radius 2 is 0.868 bits per heavy atom. The van der Waals surface area contributed by atoms with Crippen LogP contribution in [0.2, 0.25) is 0 Å². The van der Waals surface area contributed by atoms with Gasteiger partial charge < -0.3 is 46.1 Å². The van der Waals surface area contributed by atoms with Crippen molar-refractivity contribution in [3.63, 3.8) is 0 Å². The summed E-state index contributed by atoms with van der Waals surface area (Å²) in [4.78, 5) is 74.2. The first-order chi connectivity index (χ1) is 44.5. The summed E-state index contributed by atoms with van der Waals surface area (Å²) >= 11 is 4.74. The number of benzene rings is 6. The first kappa shape index (κ1) is 62.9. The van der Waals surface area contributed by atoms with E-state index in [1.54, 1.807) is 117 Å². The maximum absolute atomic E-state index is 12.5. The number of hydrogen-bond acceptors (Lipinski definition) is 19. The first-order valence-electron chi connectivity index (χ1n) is 27.8. The third kappa shape index (κ3) is 17.6. The molecule has 0 aliphatic rings. The molecular formula is C63H58N18O7S3. The van der Waals surface area contributed by atoms with Crippen molar-refractivity contribution in [1.29, 1.82) is 0 Å². The number of fused-ring (bicyclic) bond motifs is 3. The van der Waals surface area contributed by atoms with Gasteiger partial charge in [0.1, 0.15) is 51.3 Å². The summed E-state index contributed by atoms with van der Waals surface area (Å²) in [5, 5.41) is 42.6. The Kier molecular flexibility index (Phi) is 21.6. The lowest BCUT2D eigenvalue weighted by molar-refractivity contribution is 0.101. The molecule has 91 heavy (non-hydrogen) atoms. The van der Waals surface area contributed by atoms with Crippen molar-refractivity contribution < 1.29 is 33.4 Å². The van der Waals surface area contributed by atoms with Gasteiger partial charge in [-0.25, -0.2) is 44.3 Å². The molecule has 0 spiro atoms. The molecule has 6 heterocycles. The molecule has 9 N–H and O–H groups in total. The number of amides is 6. The summed E-state index contributed by atoms with van der Waals surface area (Å²) in [6.07, 6.45) is 9.68. The van der Waals surface area contributed by atoms with Gasteiger partial charge in [-0.1, -0.05) is 60.7 Å². The lowest BCUT2D eigenvalue weighted by Gasteiger charge is -2.13. The highest BCUT2D eigenvalue weighted by molar-refractivity contribution is 7.99. The SMILES string of the molecule is CC(=O)c1cccc(NC(=O)Nc2cccc(CSc3ncnc4[nH]ncc34)c2)c1.CCOc1ccccc1NC(=O)Nc1cccc(CSc2ncnc3[nH]ncc23)c1.COc1ccc(OC)c(NC(=O)Nc2cccc(CSc3ncnc4[nH]ncc34)c2)c1.